The highest BCUT2D eigenvalue weighted by Crippen LogP contribution is 2.01. The van der Waals surface area contributed by atoms with E-state index in [2.05, 4.69) is 0 Å². The van der Waals surface area contributed by atoms with Gasteiger partial charge in [0.15, 0.2) is 0 Å². The number of carbonyl (C=O) groups excluding carboxylic acids is 1. The molecule has 0 aliphatic rings. The topological polar surface area (TPSA) is 46.3 Å². The van der Waals surface area contributed by atoms with Gasteiger partial charge in [-0.25, -0.2) is 0 Å². The largest absolute Gasteiger partial charge is 0.393 e. The summed E-state index contributed by atoms with van der Waals surface area (Å²) in [5, 5.41) is 0. The van der Waals surface area contributed by atoms with Crippen LogP contribution in [0.3, 0.4) is 0 Å². The summed E-state index contributed by atoms with van der Waals surface area (Å²) in [7, 11) is 1.77. The van der Waals surface area contributed by atoms with Crippen molar-refractivity contribution >= 4 is 34.9 Å². The zero-order valence-corrected chi connectivity index (χ0v) is 9.87. The van der Waals surface area contributed by atoms with Gasteiger partial charge in [-0.2, -0.15) is 11.8 Å². The molecule has 5 heteroatoms. The van der Waals surface area contributed by atoms with Crippen LogP contribution in [0, 0.1) is 5.92 Å². The number of hydrogen-bond donors (Lipinski definition) is 1. The number of hydrogen-bond acceptors (Lipinski definition) is 3. The van der Waals surface area contributed by atoms with E-state index in [9.17, 15) is 4.79 Å². The number of thioether (sulfide) groups is 1. The quantitative estimate of drug-likeness (QED) is 0.694. The second kappa shape index (κ2) is 6.21. The third-order valence-corrected chi connectivity index (χ3v) is 2.66. The second-order valence-electron chi connectivity index (χ2n) is 3.01. The Hall–Kier alpha value is -0.290. The highest BCUT2D eigenvalue weighted by atomic mass is 32.2. The van der Waals surface area contributed by atoms with Gasteiger partial charge in [0, 0.05) is 19.5 Å². The third-order valence-electron chi connectivity index (χ3n) is 1.73. The smallest absolute Gasteiger partial charge is 0.232 e. The van der Waals surface area contributed by atoms with E-state index in [1.165, 1.54) is 11.8 Å². The fourth-order valence-corrected chi connectivity index (χ4v) is 1.38. The standard InChI is InChI=1S/C8H16N2OS2/c1-6(8(9)12)4-10(2)7(11)5-13-3/h6H,4-5H2,1-3H3,(H2,9,12). The van der Waals surface area contributed by atoms with Crippen LogP contribution in [0.2, 0.25) is 0 Å². The van der Waals surface area contributed by atoms with Crippen molar-refractivity contribution in [2.75, 3.05) is 25.6 Å². The fraction of sp³-hybridized carbons (Fsp3) is 0.750. The first-order valence-corrected chi connectivity index (χ1v) is 5.81. The molecule has 13 heavy (non-hydrogen) atoms. The molecule has 2 N–H and O–H groups in total. The van der Waals surface area contributed by atoms with Gasteiger partial charge >= 0.3 is 0 Å². The summed E-state index contributed by atoms with van der Waals surface area (Å²) in [4.78, 5) is 13.5. The Morgan fingerprint density at radius 3 is 2.62 bits per heavy atom. The van der Waals surface area contributed by atoms with Crippen LogP contribution >= 0.6 is 24.0 Å². The van der Waals surface area contributed by atoms with Crippen LogP contribution < -0.4 is 5.73 Å². The summed E-state index contributed by atoms with van der Waals surface area (Å²) in [5.74, 6) is 0.724. The average Bonchev–Trinajstić information content (AvgIpc) is 2.04. The summed E-state index contributed by atoms with van der Waals surface area (Å²) in [6.07, 6.45) is 1.91. The van der Waals surface area contributed by atoms with Crippen molar-refractivity contribution in [1.29, 1.82) is 0 Å². The predicted octanol–water partition coefficient (Wildman–Crippen LogP) is 0.730. The first kappa shape index (κ1) is 12.7. The molecule has 0 fully saturated rings. The predicted molar refractivity (Wildman–Crippen MR) is 62.0 cm³/mol. The van der Waals surface area contributed by atoms with Crippen molar-refractivity contribution in [3.05, 3.63) is 0 Å². The Balaban J connectivity index is 3.92. The minimum Gasteiger partial charge on any atom is -0.393 e. The van der Waals surface area contributed by atoms with Gasteiger partial charge in [-0.3, -0.25) is 4.79 Å². The van der Waals surface area contributed by atoms with Gasteiger partial charge in [0.1, 0.15) is 0 Å². The van der Waals surface area contributed by atoms with Crippen molar-refractivity contribution in [3.8, 4) is 0 Å². The van der Waals surface area contributed by atoms with Gasteiger partial charge in [0.2, 0.25) is 5.91 Å². The maximum Gasteiger partial charge on any atom is 0.232 e. The van der Waals surface area contributed by atoms with Crippen LogP contribution in [-0.2, 0) is 4.79 Å². The molecule has 1 amide bonds. The Bertz CT molecular complexity index is 197. The molecule has 0 spiro atoms. The van der Waals surface area contributed by atoms with E-state index in [4.69, 9.17) is 18.0 Å². The van der Waals surface area contributed by atoms with E-state index < -0.39 is 0 Å². The lowest BCUT2D eigenvalue weighted by Gasteiger charge is -2.20. The molecule has 1 atom stereocenters. The van der Waals surface area contributed by atoms with Gasteiger partial charge < -0.3 is 10.6 Å². The molecule has 0 saturated heterocycles. The fourth-order valence-electron chi connectivity index (χ4n) is 0.836. The zero-order chi connectivity index (χ0) is 10.4. The number of carbonyl (C=O) groups is 1. The zero-order valence-electron chi connectivity index (χ0n) is 8.24. The minimum absolute atomic E-state index is 0.0887. The van der Waals surface area contributed by atoms with Crippen LogP contribution in [-0.4, -0.2) is 41.4 Å². The monoisotopic (exact) mass is 220 g/mol. The first-order valence-electron chi connectivity index (χ1n) is 4.01. The summed E-state index contributed by atoms with van der Waals surface area (Å²) in [6, 6.07) is 0. The van der Waals surface area contributed by atoms with Crippen LogP contribution in [0.15, 0.2) is 0 Å². The molecule has 0 aliphatic heterocycles. The van der Waals surface area contributed by atoms with E-state index in [1.54, 1.807) is 11.9 Å². The number of thiocarbonyl (C=S) groups is 1. The van der Waals surface area contributed by atoms with Crippen molar-refractivity contribution in [3.63, 3.8) is 0 Å². The van der Waals surface area contributed by atoms with E-state index >= 15 is 0 Å². The highest BCUT2D eigenvalue weighted by Gasteiger charge is 2.12. The van der Waals surface area contributed by atoms with Crippen molar-refractivity contribution in [2.24, 2.45) is 11.7 Å². The molecule has 0 rings (SSSR count). The molecule has 0 bridgehead atoms. The normalized spacial score (nSPS) is 12.2. The van der Waals surface area contributed by atoms with Crippen molar-refractivity contribution in [2.45, 2.75) is 6.92 Å². The van der Waals surface area contributed by atoms with Gasteiger partial charge in [0.05, 0.1) is 10.7 Å². The molecular formula is C8H16N2OS2. The molecular weight excluding hydrogens is 204 g/mol. The summed E-state index contributed by atoms with van der Waals surface area (Å²) >= 11 is 6.34. The van der Waals surface area contributed by atoms with Crippen LogP contribution in [0.4, 0.5) is 0 Å². The lowest BCUT2D eigenvalue weighted by Crippen LogP contribution is -2.36. The molecule has 76 valence electrons. The first-order chi connectivity index (χ1) is 5.99. The number of nitrogens with two attached hydrogens (primary N) is 1. The minimum atomic E-state index is 0.0887. The van der Waals surface area contributed by atoms with Crippen LogP contribution in [0.25, 0.3) is 0 Å². The second-order valence-corrected chi connectivity index (χ2v) is 4.35. The maximum atomic E-state index is 11.3. The van der Waals surface area contributed by atoms with E-state index in [0.29, 0.717) is 17.3 Å². The Morgan fingerprint density at radius 2 is 2.23 bits per heavy atom. The Kier molecular flexibility index (Phi) is 6.07. The molecule has 0 heterocycles. The highest BCUT2D eigenvalue weighted by molar-refractivity contribution is 7.99. The third kappa shape index (κ3) is 5.10. The molecule has 0 radical (unpaired) electrons. The molecule has 0 aromatic rings. The van der Waals surface area contributed by atoms with Crippen LogP contribution in [0.5, 0.6) is 0 Å². The Labute approximate surface area is 89.0 Å². The lowest BCUT2D eigenvalue weighted by molar-refractivity contribution is -0.127. The summed E-state index contributed by atoms with van der Waals surface area (Å²) in [6.45, 7) is 2.53. The molecule has 0 aliphatic carbocycles. The maximum absolute atomic E-state index is 11.3. The van der Waals surface area contributed by atoms with E-state index in [1.807, 2.05) is 13.2 Å². The molecule has 0 aromatic carbocycles. The molecule has 0 saturated carbocycles. The van der Waals surface area contributed by atoms with Crippen LogP contribution in [0.1, 0.15) is 6.92 Å². The van der Waals surface area contributed by atoms with E-state index in [-0.39, 0.29) is 11.8 Å². The SMILES string of the molecule is CSCC(=O)N(C)CC(C)C(N)=S. The Morgan fingerprint density at radius 1 is 1.69 bits per heavy atom. The van der Waals surface area contributed by atoms with Gasteiger partial charge in [-0.05, 0) is 6.26 Å². The number of rotatable bonds is 5. The summed E-state index contributed by atoms with van der Waals surface area (Å²) in [5.41, 5.74) is 5.45. The molecule has 0 aromatic heterocycles. The van der Waals surface area contributed by atoms with Gasteiger partial charge in [-0.1, -0.05) is 19.1 Å². The van der Waals surface area contributed by atoms with E-state index in [0.717, 1.165) is 0 Å². The number of amides is 1. The molecule has 1 unspecified atom stereocenters. The number of nitrogens with zero attached hydrogens (tertiary/aromatic N) is 1. The lowest BCUT2D eigenvalue weighted by atomic mass is 10.2. The van der Waals surface area contributed by atoms with Gasteiger partial charge in [-0.15, -0.1) is 0 Å². The van der Waals surface area contributed by atoms with Crippen molar-refractivity contribution < 1.29 is 4.79 Å². The van der Waals surface area contributed by atoms with Crippen molar-refractivity contribution in [1.82, 2.24) is 4.90 Å². The average molecular weight is 220 g/mol. The molecule has 3 nitrogen and oxygen atoms in total. The summed E-state index contributed by atoms with van der Waals surface area (Å²) < 4.78 is 0. The van der Waals surface area contributed by atoms with Gasteiger partial charge in [0.25, 0.3) is 0 Å².